The van der Waals surface area contributed by atoms with Crippen LogP contribution in [-0.2, 0) is 4.79 Å². The fourth-order valence-electron chi connectivity index (χ4n) is 1.96. The lowest BCUT2D eigenvalue weighted by Crippen LogP contribution is -2.40. The molecule has 0 N–H and O–H groups in total. The summed E-state index contributed by atoms with van der Waals surface area (Å²) in [5, 5.41) is 0. The van der Waals surface area contributed by atoms with E-state index in [1.54, 1.807) is 6.08 Å². The van der Waals surface area contributed by atoms with Crippen LogP contribution in [0.2, 0.25) is 0 Å². The van der Waals surface area contributed by atoms with E-state index in [-0.39, 0.29) is 5.41 Å². The molecule has 0 radical (unpaired) electrons. The summed E-state index contributed by atoms with van der Waals surface area (Å²) in [4.78, 5) is 11.5. The van der Waals surface area contributed by atoms with Crippen LogP contribution in [-0.4, -0.2) is 5.78 Å². The molecule has 1 aliphatic rings. The maximum absolute atomic E-state index is 11.5. The first-order chi connectivity index (χ1) is 5.62. The molecule has 0 aromatic heterocycles. The van der Waals surface area contributed by atoms with Gasteiger partial charge in [0.1, 0.15) is 0 Å². The molecule has 1 rings (SSSR count). The number of carbonyl (C=O) groups is 1. The van der Waals surface area contributed by atoms with Crippen molar-refractivity contribution in [3.05, 3.63) is 10.2 Å². The van der Waals surface area contributed by atoms with E-state index >= 15 is 0 Å². The predicted octanol–water partition coefficient (Wildman–Crippen LogP) is 3.33. The average molecular weight is 278 g/mol. The van der Waals surface area contributed by atoms with E-state index in [0.29, 0.717) is 5.78 Å². The lowest BCUT2D eigenvalue weighted by Gasteiger charge is -2.43. The molecule has 1 aliphatic carbocycles. The molecule has 0 bridgehead atoms. The van der Waals surface area contributed by atoms with Gasteiger partial charge in [-0.2, -0.15) is 0 Å². The van der Waals surface area contributed by atoms with E-state index < -0.39 is 0 Å². The molecule has 68 valence electrons. The second-order valence-electron chi connectivity index (χ2n) is 3.90. The zero-order valence-electron chi connectivity index (χ0n) is 7.64. The molecule has 0 amide bonds. The van der Waals surface area contributed by atoms with Crippen molar-refractivity contribution in [2.45, 2.75) is 33.1 Å². The van der Waals surface area contributed by atoms with Gasteiger partial charge in [-0.3, -0.25) is 4.79 Å². The van der Waals surface area contributed by atoms with Crippen LogP contribution in [0.3, 0.4) is 0 Å². The first-order valence-electron chi connectivity index (χ1n) is 4.43. The summed E-state index contributed by atoms with van der Waals surface area (Å²) < 4.78 is 1.81. The fourth-order valence-corrected chi connectivity index (χ4v) is 2.29. The topological polar surface area (TPSA) is 17.1 Å². The van der Waals surface area contributed by atoms with Crippen LogP contribution in [0.25, 0.3) is 0 Å². The third-order valence-electron chi connectivity index (χ3n) is 2.86. The number of hydrogen-bond acceptors (Lipinski definition) is 1. The molecule has 1 fully saturated rings. The van der Waals surface area contributed by atoms with Crippen LogP contribution in [0.5, 0.6) is 0 Å². The molecule has 12 heavy (non-hydrogen) atoms. The summed E-state index contributed by atoms with van der Waals surface area (Å²) >= 11 is 2.10. The molecule has 0 aromatic carbocycles. The molecule has 0 saturated heterocycles. The molecule has 1 nitrogen and oxygen atoms in total. The molecule has 1 saturated carbocycles. The minimum absolute atomic E-state index is 0.0254. The molecule has 0 aromatic rings. The Morgan fingerprint density at radius 2 is 2.25 bits per heavy atom. The maximum Gasteiger partial charge on any atom is 0.162 e. The molecule has 0 heterocycles. The largest absolute Gasteiger partial charge is 0.294 e. The Hall–Kier alpha value is 0.140. The van der Waals surface area contributed by atoms with Crippen molar-refractivity contribution in [1.82, 2.24) is 0 Å². The number of rotatable bonds is 3. The van der Waals surface area contributed by atoms with Crippen LogP contribution in [0.15, 0.2) is 10.2 Å². The molecular weight excluding hydrogens is 263 g/mol. The summed E-state index contributed by atoms with van der Waals surface area (Å²) in [5.74, 6) is 1.10. The third-order valence-corrected chi connectivity index (χ3v) is 3.22. The van der Waals surface area contributed by atoms with Crippen LogP contribution >= 0.6 is 22.6 Å². The van der Waals surface area contributed by atoms with Crippen molar-refractivity contribution in [1.29, 1.82) is 0 Å². The lowest BCUT2D eigenvalue weighted by molar-refractivity contribution is -0.130. The standard InChI is InChI=1S/C10H15IO/c1-3-8-6-10(2,7-8)9(12)4-5-11/h4-5,8H,3,6-7H2,1-2H3/b5-4+. The zero-order valence-corrected chi connectivity index (χ0v) is 9.80. The molecule has 2 heteroatoms. The average Bonchev–Trinajstić information content (AvgIpc) is 1.99. The molecule has 0 spiro atoms. The van der Waals surface area contributed by atoms with Gasteiger partial charge in [0.15, 0.2) is 5.78 Å². The Kier molecular flexibility index (Phi) is 3.32. The first kappa shape index (κ1) is 10.2. The third kappa shape index (κ3) is 1.90. The smallest absolute Gasteiger partial charge is 0.162 e. The second kappa shape index (κ2) is 3.90. The zero-order chi connectivity index (χ0) is 9.19. The van der Waals surface area contributed by atoms with Crippen LogP contribution in [0.4, 0.5) is 0 Å². The Morgan fingerprint density at radius 1 is 1.67 bits per heavy atom. The predicted molar refractivity (Wildman–Crippen MR) is 59.3 cm³/mol. The molecule has 0 unspecified atom stereocenters. The van der Waals surface area contributed by atoms with Crippen LogP contribution in [0.1, 0.15) is 33.1 Å². The van der Waals surface area contributed by atoms with E-state index in [1.165, 1.54) is 6.42 Å². The van der Waals surface area contributed by atoms with Gasteiger partial charge in [0.25, 0.3) is 0 Å². The highest BCUT2D eigenvalue weighted by molar-refractivity contribution is 14.1. The summed E-state index contributed by atoms with van der Waals surface area (Å²) in [5.41, 5.74) is -0.0254. The number of allylic oxidation sites excluding steroid dienone is 1. The van der Waals surface area contributed by atoms with Gasteiger partial charge in [-0.15, -0.1) is 0 Å². The van der Waals surface area contributed by atoms with Crippen molar-refractivity contribution < 1.29 is 4.79 Å². The number of ketones is 1. The van der Waals surface area contributed by atoms with Gasteiger partial charge in [0.05, 0.1) is 0 Å². The number of halogens is 1. The molecule has 0 atom stereocenters. The van der Waals surface area contributed by atoms with Gasteiger partial charge in [-0.05, 0) is 28.9 Å². The Labute approximate surface area is 87.8 Å². The van der Waals surface area contributed by atoms with Crippen molar-refractivity contribution in [2.75, 3.05) is 0 Å². The highest BCUT2D eigenvalue weighted by atomic mass is 127. The van der Waals surface area contributed by atoms with E-state index in [9.17, 15) is 4.79 Å². The quantitative estimate of drug-likeness (QED) is 0.571. The normalized spacial score (nSPS) is 35.1. The first-order valence-corrected chi connectivity index (χ1v) is 5.68. The fraction of sp³-hybridized carbons (Fsp3) is 0.700. The summed E-state index contributed by atoms with van der Waals surface area (Å²) in [7, 11) is 0. The highest BCUT2D eigenvalue weighted by Gasteiger charge is 2.43. The summed E-state index contributed by atoms with van der Waals surface area (Å²) in [6.45, 7) is 4.28. The molecule has 0 aliphatic heterocycles. The van der Waals surface area contributed by atoms with Gasteiger partial charge < -0.3 is 0 Å². The van der Waals surface area contributed by atoms with Crippen molar-refractivity contribution in [2.24, 2.45) is 11.3 Å². The maximum atomic E-state index is 11.5. The van der Waals surface area contributed by atoms with Crippen molar-refractivity contribution in [3.8, 4) is 0 Å². The minimum Gasteiger partial charge on any atom is -0.294 e. The van der Waals surface area contributed by atoms with Gasteiger partial charge in [-0.1, -0.05) is 42.9 Å². The second-order valence-corrected chi connectivity index (χ2v) is 4.62. The number of hydrogen-bond donors (Lipinski definition) is 0. The minimum atomic E-state index is -0.0254. The number of carbonyl (C=O) groups excluding carboxylic acids is 1. The Balaban J connectivity index is 2.49. The van der Waals surface area contributed by atoms with Crippen LogP contribution in [0, 0.1) is 11.3 Å². The SMILES string of the molecule is CCC1CC(C)(C(=O)/C=C/I)C1. The Morgan fingerprint density at radius 3 is 2.67 bits per heavy atom. The van der Waals surface area contributed by atoms with E-state index in [0.717, 1.165) is 18.8 Å². The van der Waals surface area contributed by atoms with E-state index in [1.807, 2.05) is 4.08 Å². The summed E-state index contributed by atoms with van der Waals surface area (Å²) in [6, 6.07) is 0. The van der Waals surface area contributed by atoms with E-state index in [2.05, 4.69) is 36.4 Å². The summed E-state index contributed by atoms with van der Waals surface area (Å²) in [6.07, 6.45) is 5.09. The Bertz CT molecular complexity index is 202. The molecular formula is C10H15IO. The van der Waals surface area contributed by atoms with Crippen molar-refractivity contribution >= 4 is 28.4 Å². The lowest BCUT2D eigenvalue weighted by atomic mass is 9.60. The van der Waals surface area contributed by atoms with Crippen LogP contribution < -0.4 is 0 Å². The van der Waals surface area contributed by atoms with Crippen molar-refractivity contribution in [3.63, 3.8) is 0 Å². The van der Waals surface area contributed by atoms with Gasteiger partial charge in [-0.25, -0.2) is 0 Å². The monoisotopic (exact) mass is 278 g/mol. The van der Waals surface area contributed by atoms with E-state index in [4.69, 9.17) is 0 Å². The highest BCUT2D eigenvalue weighted by Crippen LogP contribution is 2.47. The van der Waals surface area contributed by atoms with Gasteiger partial charge >= 0.3 is 0 Å². The van der Waals surface area contributed by atoms with Gasteiger partial charge in [0, 0.05) is 5.41 Å². The van der Waals surface area contributed by atoms with Gasteiger partial charge in [0.2, 0.25) is 0 Å².